The Hall–Kier alpha value is -0.340. The summed E-state index contributed by atoms with van der Waals surface area (Å²) in [4.78, 5) is 0. The molecule has 1 fully saturated rings. The molecule has 0 heterocycles. The molecule has 0 amide bonds. The van der Waals surface area contributed by atoms with Gasteiger partial charge in [-0.1, -0.05) is 41.9 Å². The van der Waals surface area contributed by atoms with E-state index in [0.717, 1.165) is 22.9 Å². The molecule has 16 heavy (non-hydrogen) atoms. The van der Waals surface area contributed by atoms with E-state index in [2.05, 4.69) is 59.4 Å². The van der Waals surface area contributed by atoms with Crippen molar-refractivity contribution in [1.82, 2.24) is 5.32 Å². The molecule has 1 nitrogen and oxygen atoms in total. The fourth-order valence-corrected chi connectivity index (χ4v) is 2.73. The van der Waals surface area contributed by atoms with Gasteiger partial charge in [-0.25, -0.2) is 0 Å². The van der Waals surface area contributed by atoms with Gasteiger partial charge in [0.1, 0.15) is 0 Å². The number of nitrogens with one attached hydrogen (secondary N) is 1. The predicted molar refractivity (Wildman–Crippen MR) is 72.5 cm³/mol. The zero-order valence-corrected chi connectivity index (χ0v) is 11.6. The summed E-state index contributed by atoms with van der Waals surface area (Å²) in [6.45, 7) is 4.58. The number of benzene rings is 1. The summed E-state index contributed by atoms with van der Waals surface area (Å²) >= 11 is 3.48. The van der Waals surface area contributed by atoms with Crippen LogP contribution in [0.1, 0.15) is 44.7 Å². The topological polar surface area (TPSA) is 12.0 Å². The summed E-state index contributed by atoms with van der Waals surface area (Å²) in [7, 11) is 0. The highest BCUT2D eigenvalue weighted by molar-refractivity contribution is 9.10. The van der Waals surface area contributed by atoms with E-state index in [1.165, 1.54) is 18.4 Å². The molecule has 1 aromatic carbocycles. The Bertz CT molecular complexity index is 327. The van der Waals surface area contributed by atoms with Gasteiger partial charge >= 0.3 is 0 Å². The van der Waals surface area contributed by atoms with Crippen molar-refractivity contribution in [2.75, 3.05) is 0 Å². The zero-order chi connectivity index (χ0) is 11.5. The summed E-state index contributed by atoms with van der Waals surface area (Å²) in [5.74, 6) is 0.917. The van der Waals surface area contributed by atoms with Crippen LogP contribution in [0.15, 0.2) is 28.7 Å². The zero-order valence-electron chi connectivity index (χ0n) is 10.0. The van der Waals surface area contributed by atoms with E-state index in [0.29, 0.717) is 6.04 Å². The van der Waals surface area contributed by atoms with Gasteiger partial charge in [0.05, 0.1) is 0 Å². The third-order valence-corrected chi connectivity index (χ3v) is 4.02. The van der Waals surface area contributed by atoms with Crippen molar-refractivity contribution in [3.63, 3.8) is 0 Å². The van der Waals surface area contributed by atoms with Crippen LogP contribution in [0.3, 0.4) is 0 Å². The molecule has 1 aromatic rings. The molecule has 0 radical (unpaired) electrons. The minimum Gasteiger partial charge on any atom is -0.307 e. The Balaban J connectivity index is 1.96. The second-order valence-electron chi connectivity index (χ2n) is 4.95. The second-order valence-corrected chi connectivity index (χ2v) is 5.87. The number of rotatable bonds is 4. The largest absolute Gasteiger partial charge is 0.307 e. The highest BCUT2D eigenvalue weighted by atomic mass is 79.9. The average Bonchev–Trinajstić information content (AvgIpc) is 2.24. The van der Waals surface area contributed by atoms with E-state index in [4.69, 9.17) is 0 Å². The van der Waals surface area contributed by atoms with E-state index in [-0.39, 0.29) is 0 Å². The maximum absolute atomic E-state index is 3.75. The van der Waals surface area contributed by atoms with Crippen LogP contribution in [0.5, 0.6) is 0 Å². The van der Waals surface area contributed by atoms with Gasteiger partial charge in [-0.3, -0.25) is 0 Å². The molecule has 1 aliphatic carbocycles. The Morgan fingerprint density at radius 2 is 1.94 bits per heavy atom. The summed E-state index contributed by atoms with van der Waals surface area (Å²) < 4.78 is 1.16. The molecule has 2 heteroatoms. The van der Waals surface area contributed by atoms with Crippen molar-refractivity contribution in [2.45, 2.75) is 45.2 Å². The molecule has 1 aliphatic rings. The van der Waals surface area contributed by atoms with E-state index in [1.807, 2.05) is 0 Å². The summed E-state index contributed by atoms with van der Waals surface area (Å²) in [6, 6.07) is 9.95. The van der Waals surface area contributed by atoms with Gasteiger partial charge in [0, 0.05) is 16.6 Å². The number of hydrogen-bond donors (Lipinski definition) is 1. The van der Waals surface area contributed by atoms with Crippen LogP contribution in [-0.2, 0) is 0 Å². The van der Waals surface area contributed by atoms with Crippen LogP contribution in [-0.4, -0.2) is 6.04 Å². The van der Waals surface area contributed by atoms with Crippen molar-refractivity contribution in [1.29, 1.82) is 0 Å². The van der Waals surface area contributed by atoms with Gasteiger partial charge in [-0.2, -0.15) is 0 Å². The van der Waals surface area contributed by atoms with Crippen molar-refractivity contribution in [2.24, 2.45) is 5.92 Å². The molecule has 0 saturated heterocycles. The lowest BCUT2D eigenvalue weighted by molar-refractivity contribution is 0.220. The van der Waals surface area contributed by atoms with Gasteiger partial charge in [0.25, 0.3) is 0 Å². The fraction of sp³-hybridized carbons (Fsp3) is 0.571. The molecular weight excluding hydrogens is 262 g/mol. The fourth-order valence-electron chi connectivity index (χ4n) is 2.47. The highest BCUT2D eigenvalue weighted by Gasteiger charge is 2.27. The molecule has 88 valence electrons. The third-order valence-electron chi connectivity index (χ3n) is 3.49. The lowest BCUT2D eigenvalue weighted by Gasteiger charge is -2.36. The molecule has 1 N–H and O–H groups in total. The Morgan fingerprint density at radius 1 is 1.31 bits per heavy atom. The van der Waals surface area contributed by atoms with Crippen molar-refractivity contribution in [3.8, 4) is 0 Å². The molecule has 1 saturated carbocycles. The maximum atomic E-state index is 3.75. The predicted octanol–water partition coefficient (Wildman–Crippen LogP) is 4.29. The van der Waals surface area contributed by atoms with E-state index < -0.39 is 0 Å². The van der Waals surface area contributed by atoms with Crippen LogP contribution in [0.25, 0.3) is 0 Å². The second kappa shape index (κ2) is 5.33. The summed E-state index contributed by atoms with van der Waals surface area (Å²) in [5, 5.41) is 3.75. The first-order valence-electron chi connectivity index (χ1n) is 6.20. The summed E-state index contributed by atoms with van der Waals surface area (Å²) in [6.07, 6.45) is 3.84. The minimum atomic E-state index is 0.519. The molecule has 0 bridgehead atoms. The van der Waals surface area contributed by atoms with E-state index >= 15 is 0 Å². The average molecular weight is 282 g/mol. The van der Waals surface area contributed by atoms with Crippen LogP contribution >= 0.6 is 15.9 Å². The molecule has 1 atom stereocenters. The Morgan fingerprint density at radius 3 is 2.44 bits per heavy atom. The first-order valence-corrected chi connectivity index (χ1v) is 7.00. The lowest BCUT2D eigenvalue weighted by atomic mass is 9.81. The first kappa shape index (κ1) is 12.1. The number of hydrogen-bond acceptors (Lipinski definition) is 1. The normalized spacial score (nSPS) is 26.2. The third kappa shape index (κ3) is 2.86. The van der Waals surface area contributed by atoms with Crippen molar-refractivity contribution >= 4 is 15.9 Å². The van der Waals surface area contributed by atoms with Gasteiger partial charge in [-0.05, 0) is 42.9 Å². The van der Waals surface area contributed by atoms with Crippen LogP contribution in [0.4, 0.5) is 0 Å². The Labute approximate surface area is 107 Å². The van der Waals surface area contributed by atoms with Crippen LogP contribution in [0, 0.1) is 5.92 Å². The Kier molecular flexibility index (Phi) is 4.04. The van der Waals surface area contributed by atoms with Gasteiger partial charge in [-0.15, -0.1) is 0 Å². The molecule has 2 rings (SSSR count). The van der Waals surface area contributed by atoms with Crippen LogP contribution < -0.4 is 5.32 Å². The monoisotopic (exact) mass is 281 g/mol. The lowest BCUT2D eigenvalue weighted by Crippen LogP contribution is -2.41. The molecular formula is C14H20BrN. The van der Waals surface area contributed by atoms with Crippen molar-refractivity contribution < 1.29 is 0 Å². The SMILES string of the molecule is CCC(NC1CC(C)C1)c1ccc(Br)cc1. The molecule has 1 unspecified atom stereocenters. The van der Waals surface area contributed by atoms with Crippen molar-refractivity contribution in [3.05, 3.63) is 34.3 Å². The molecule has 0 aliphatic heterocycles. The first-order chi connectivity index (χ1) is 7.69. The van der Waals surface area contributed by atoms with Gasteiger partial charge in [0.15, 0.2) is 0 Å². The minimum absolute atomic E-state index is 0.519. The standard InChI is InChI=1S/C14H20BrN/c1-3-14(16-13-8-10(2)9-13)11-4-6-12(15)7-5-11/h4-7,10,13-14,16H,3,8-9H2,1-2H3. The number of halogens is 1. The molecule has 0 aromatic heterocycles. The van der Waals surface area contributed by atoms with Gasteiger partial charge in [0.2, 0.25) is 0 Å². The van der Waals surface area contributed by atoms with E-state index in [9.17, 15) is 0 Å². The smallest absolute Gasteiger partial charge is 0.0320 e. The van der Waals surface area contributed by atoms with Gasteiger partial charge < -0.3 is 5.32 Å². The highest BCUT2D eigenvalue weighted by Crippen LogP contribution is 2.29. The maximum Gasteiger partial charge on any atom is 0.0320 e. The summed E-state index contributed by atoms with van der Waals surface area (Å²) in [5.41, 5.74) is 1.41. The molecule has 0 spiro atoms. The van der Waals surface area contributed by atoms with Crippen LogP contribution in [0.2, 0.25) is 0 Å². The quantitative estimate of drug-likeness (QED) is 0.868. The van der Waals surface area contributed by atoms with E-state index in [1.54, 1.807) is 0 Å².